The second kappa shape index (κ2) is 17.1. The van der Waals surface area contributed by atoms with Crippen molar-refractivity contribution in [1.29, 1.82) is 0 Å². The molecule has 2 aliphatic rings. The van der Waals surface area contributed by atoms with Crippen molar-refractivity contribution in [3.05, 3.63) is 59.7 Å². The molecule has 19 nitrogen and oxygen atoms in total. The van der Waals surface area contributed by atoms with E-state index in [4.69, 9.17) is 19.7 Å². The van der Waals surface area contributed by atoms with Gasteiger partial charge in [-0.25, -0.2) is 19.2 Å². The molecule has 14 N–H and O–H groups in total. The van der Waals surface area contributed by atoms with Crippen molar-refractivity contribution in [1.82, 2.24) is 0 Å². The van der Waals surface area contributed by atoms with Crippen LogP contribution < -0.4 is 0 Å². The Labute approximate surface area is 287 Å². The number of aliphatic hydroxyl groups excluding tert-OH is 4. The van der Waals surface area contributed by atoms with Crippen LogP contribution in [0.15, 0.2) is 48.6 Å². The number of hydrogen-bond acceptors (Lipinski definition) is 16. The number of phenolic OH excluding ortho intramolecular Hbond substituents is 4. The summed E-state index contributed by atoms with van der Waals surface area (Å²) < 4.78 is 9.85. The zero-order valence-corrected chi connectivity index (χ0v) is 26.4. The van der Waals surface area contributed by atoms with E-state index in [9.17, 15) is 70.2 Å². The van der Waals surface area contributed by atoms with Gasteiger partial charge < -0.3 is 76.2 Å². The molecular weight excluding hydrogens is 688 g/mol. The summed E-state index contributed by atoms with van der Waals surface area (Å²) in [6, 6.07) is 7.66. The first kappa shape index (κ1) is 41.9. The van der Waals surface area contributed by atoms with Crippen molar-refractivity contribution < 1.29 is 95.4 Å². The summed E-state index contributed by atoms with van der Waals surface area (Å²) in [7, 11) is 0. The summed E-state index contributed by atoms with van der Waals surface area (Å²) in [5.74, 6) is -6.49. The fourth-order valence-corrected chi connectivity index (χ4v) is 5.07. The van der Waals surface area contributed by atoms with Crippen LogP contribution in [0.1, 0.15) is 36.8 Å². The first-order valence-corrected chi connectivity index (χ1v) is 14.7. The molecule has 0 bridgehead atoms. The van der Waals surface area contributed by atoms with Gasteiger partial charge in [0.05, 0.1) is 12.2 Å². The van der Waals surface area contributed by atoms with Crippen LogP contribution in [-0.2, 0) is 28.7 Å². The summed E-state index contributed by atoms with van der Waals surface area (Å²) >= 11 is 0. The van der Waals surface area contributed by atoms with Crippen LogP contribution >= 0.6 is 0 Å². The van der Waals surface area contributed by atoms with Gasteiger partial charge in [0.1, 0.15) is 24.4 Å². The molecule has 8 atom stereocenters. The molecule has 2 fully saturated rings. The van der Waals surface area contributed by atoms with Crippen LogP contribution in [0.5, 0.6) is 23.0 Å². The second-order valence-corrected chi connectivity index (χ2v) is 11.7. The van der Waals surface area contributed by atoms with Crippen LogP contribution in [-0.4, -0.2) is 138 Å². The van der Waals surface area contributed by atoms with Gasteiger partial charge >= 0.3 is 23.9 Å². The Morgan fingerprint density at radius 1 is 0.588 bits per heavy atom. The van der Waals surface area contributed by atoms with Crippen molar-refractivity contribution in [3.8, 4) is 23.0 Å². The van der Waals surface area contributed by atoms with Gasteiger partial charge in [-0.05, 0) is 47.5 Å². The number of ether oxygens (including phenoxy) is 2. The molecule has 2 saturated carbocycles. The van der Waals surface area contributed by atoms with E-state index in [0.717, 1.165) is 12.2 Å². The van der Waals surface area contributed by atoms with E-state index in [-0.39, 0.29) is 28.5 Å². The predicted octanol–water partition coefficient (Wildman–Crippen LogP) is -2.12. The van der Waals surface area contributed by atoms with Crippen molar-refractivity contribution in [2.45, 2.75) is 73.5 Å². The minimum absolute atomic E-state index is 0. The number of rotatable bonds is 8. The number of carboxylic acids is 2. The maximum atomic E-state index is 11.8. The Bertz CT molecular complexity index is 1520. The Morgan fingerprint density at radius 3 is 1.22 bits per heavy atom. The van der Waals surface area contributed by atoms with Crippen molar-refractivity contribution in [3.63, 3.8) is 0 Å². The fourth-order valence-electron chi connectivity index (χ4n) is 5.07. The van der Waals surface area contributed by atoms with Gasteiger partial charge in [0.25, 0.3) is 0 Å². The van der Waals surface area contributed by atoms with Gasteiger partial charge in [0, 0.05) is 37.8 Å². The number of carboxylic acid groups (broad SMARTS) is 2. The molecule has 0 amide bonds. The molecule has 0 aliphatic heterocycles. The molecule has 4 rings (SSSR count). The third-order valence-corrected chi connectivity index (χ3v) is 7.88. The molecule has 19 heteroatoms. The van der Waals surface area contributed by atoms with E-state index < -0.39 is 97.4 Å². The highest BCUT2D eigenvalue weighted by molar-refractivity contribution is 5.88. The standard InChI is InChI=1S/2C16H18O9.H2O/c2*17-9-3-1-8(5-10(9)18)2-4-13(20)25-12-7-16(24,15(22)23)6-11(19)14(12)21;/h2*1-5,11-12,14,17-19,21,24H,6-7H2,(H,22,23);1H2. The van der Waals surface area contributed by atoms with E-state index in [1.807, 2.05) is 0 Å². The van der Waals surface area contributed by atoms with Crippen LogP contribution in [0.4, 0.5) is 0 Å². The molecule has 2 aromatic carbocycles. The maximum Gasteiger partial charge on any atom is 0.335 e. The number of aromatic hydroxyl groups is 4. The summed E-state index contributed by atoms with van der Waals surface area (Å²) in [6.07, 6.45) is -6.88. The largest absolute Gasteiger partial charge is 0.504 e. The lowest BCUT2D eigenvalue weighted by molar-refractivity contribution is -0.196. The Balaban J connectivity index is 0.000000347. The summed E-state index contributed by atoms with van der Waals surface area (Å²) in [6.45, 7) is 0. The zero-order chi connectivity index (χ0) is 37.6. The average Bonchev–Trinajstić information content (AvgIpc) is 3.03. The van der Waals surface area contributed by atoms with E-state index in [1.54, 1.807) is 0 Å². The van der Waals surface area contributed by atoms with E-state index in [0.29, 0.717) is 11.1 Å². The number of carbonyl (C=O) groups excluding carboxylic acids is 2. The monoisotopic (exact) mass is 726 g/mol. The van der Waals surface area contributed by atoms with Crippen LogP contribution in [0.2, 0.25) is 0 Å². The molecule has 51 heavy (non-hydrogen) atoms. The molecule has 2 aliphatic carbocycles. The van der Waals surface area contributed by atoms with Gasteiger partial charge in [0.15, 0.2) is 34.2 Å². The number of esters is 2. The molecule has 0 radical (unpaired) electrons. The molecule has 0 heterocycles. The first-order valence-electron chi connectivity index (χ1n) is 14.7. The SMILES string of the molecule is O.O=C(C=Cc1ccc(O)c(O)c1)OC1CC(O)(C(=O)O)CC(O)C1O.O=C(C=Cc1ccc(O)c(O)c1)OC1CC(O)(C(=O)O)CC(O)C1O. The maximum absolute atomic E-state index is 11.8. The van der Waals surface area contributed by atoms with Crippen LogP contribution in [0, 0.1) is 0 Å². The predicted molar refractivity (Wildman–Crippen MR) is 169 cm³/mol. The van der Waals surface area contributed by atoms with Gasteiger partial charge in [-0.3, -0.25) is 0 Å². The van der Waals surface area contributed by atoms with Gasteiger partial charge in [0.2, 0.25) is 0 Å². The normalized spacial score (nSPS) is 28.9. The number of aliphatic hydroxyl groups is 6. The van der Waals surface area contributed by atoms with Crippen molar-refractivity contribution in [2.24, 2.45) is 0 Å². The van der Waals surface area contributed by atoms with Crippen LogP contribution in [0.25, 0.3) is 12.2 Å². The first-order chi connectivity index (χ1) is 23.2. The highest BCUT2D eigenvalue weighted by Crippen LogP contribution is 2.33. The van der Waals surface area contributed by atoms with E-state index in [2.05, 4.69) is 0 Å². The van der Waals surface area contributed by atoms with Gasteiger partial charge in [-0.15, -0.1) is 0 Å². The van der Waals surface area contributed by atoms with Crippen LogP contribution in [0.3, 0.4) is 0 Å². The summed E-state index contributed by atoms with van der Waals surface area (Å²) in [5, 5.41) is 114. The van der Waals surface area contributed by atoms with E-state index >= 15 is 0 Å². The molecular formula is C32H38O19. The van der Waals surface area contributed by atoms with Crippen molar-refractivity contribution >= 4 is 36.0 Å². The Hall–Kier alpha value is -5.28. The van der Waals surface area contributed by atoms with Gasteiger partial charge in [-0.1, -0.05) is 12.1 Å². The second-order valence-electron chi connectivity index (χ2n) is 11.7. The Morgan fingerprint density at radius 2 is 0.922 bits per heavy atom. The smallest absolute Gasteiger partial charge is 0.335 e. The number of hydrogen-bond donors (Lipinski definition) is 12. The third kappa shape index (κ3) is 10.9. The van der Waals surface area contributed by atoms with Gasteiger partial charge in [-0.2, -0.15) is 0 Å². The highest BCUT2D eigenvalue weighted by atomic mass is 16.6. The molecule has 8 unspecified atom stereocenters. The quantitative estimate of drug-likeness (QED) is 0.0786. The lowest BCUT2D eigenvalue weighted by Crippen LogP contribution is -2.57. The third-order valence-electron chi connectivity index (χ3n) is 7.88. The average molecular weight is 727 g/mol. The Kier molecular flexibility index (Phi) is 14.0. The minimum Gasteiger partial charge on any atom is -0.504 e. The minimum atomic E-state index is -2.31. The number of benzene rings is 2. The topological polar surface area (TPSA) is 361 Å². The van der Waals surface area contributed by atoms with Crippen molar-refractivity contribution in [2.75, 3.05) is 0 Å². The molecule has 280 valence electrons. The zero-order valence-electron chi connectivity index (χ0n) is 26.4. The number of aliphatic carboxylic acids is 2. The van der Waals surface area contributed by atoms with E-state index in [1.165, 1.54) is 48.6 Å². The summed E-state index contributed by atoms with van der Waals surface area (Å²) in [5.41, 5.74) is -3.87. The molecule has 0 saturated heterocycles. The number of carbonyl (C=O) groups is 4. The lowest BCUT2D eigenvalue weighted by atomic mass is 9.79. The molecule has 2 aromatic rings. The molecule has 0 spiro atoms. The highest BCUT2D eigenvalue weighted by Gasteiger charge is 2.51. The lowest BCUT2D eigenvalue weighted by Gasteiger charge is -2.39. The molecule has 0 aromatic heterocycles. The number of phenols is 4. The fraction of sp³-hybridized carbons (Fsp3) is 0.375. The summed E-state index contributed by atoms with van der Waals surface area (Å²) in [4.78, 5) is 45.8.